The van der Waals surface area contributed by atoms with Crippen LogP contribution in [-0.2, 0) is 26.2 Å². The molecule has 0 saturated heterocycles. The number of amides is 2. The third-order valence-electron chi connectivity index (χ3n) is 5.36. The molecule has 2 aromatic carbocycles. The molecule has 7 nitrogen and oxygen atoms in total. The van der Waals surface area contributed by atoms with E-state index in [0.717, 1.165) is 10.6 Å². The van der Waals surface area contributed by atoms with Gasteiger partial charge in [-0.2, -0.15) is 0 Å². The minimum absolute atomic E-state index is 0.00824. The van der Waals surface area contributed by atoms with Gasteiger partial charge < -0.3 is 10.2 Å². The van der Waals surface area contributed by atoms with E-state index in [1.54, 1.807) is 25.1 Å². The molecule has 0 aromatic heterocycles. The second-order valence-corrected chi connectivity index (χ2v) is 11.7. The first-order valence-corrected chi connectivity index (χ1v) is 14.1. The zero-order chi connectivity index (χ0) is 26.5. The second kappa shape index (κ2) is 12.5. The van der Waals surface area contributed by atoms with E-state index >= 15 is 0 Å². The molecule has 2 unspecified atom stereocenters. The maximum absolute atomic E-state index is 13.5. The van der Waals surface area contributed by atoms with Crippen LogP contribution < -0.4 is 9.62 Å². The molecule has 0 aliphatic heterocycles. The second-order valence-electron chi connectivity index (χ2n) is 8.13. The van der Waals surface area contributed by atoms with E-state index < -0.39 is 28.5 Å². The molecule has 0 bridgehead atoms. The van der Waals surface area contributed by atoms with Crippen LogP contribution in [-0.4, -0.2) is 50.0 Å². The summed E-state index contributed by atoms with van der Waals surface area (Å²) in [4.78, 5) is 27.7. The molecule has 0 fully saturated rings. The van der Waals surface area contributed by atoms with Gasteiger partial charge in [-0.3, -0.25) is 13.9 Å². The van der Waals surface area contributed by atoms with Crippen LogP contribution in [0.15, 0.2) is 36.4 Å². The molecule has 0 spiro atoms. The first kappa shape index (κ1) is 29.5. The van der Waals surface area contributed by atoms with E-state index in [1.807, 2.05) is 13.8 Å². The van der Waals surface area contributed by atoms with E-state index in [2.05, 4.69) is 5.32 Å². The minimum Gasteiger partial charge on any atom is -0.352 e. The van der Waals surface area contributed by atoms with Crippen LogP contribution in [0.3, 0.4) is 0 Å². The SMILES string of the molecule is CCC(C)NC(=O)C(C)N(Cc1ccc(Cl)c(Cl)c1)C(=O)CN(c1cc(Cl)ccc1Cl)S(C)(=O)=O. The topological polar surface area (TPSA) is 86.8 Å². The van der Waals surface area contributed by atoms with Gasteiger partial charge in [0.05, 0.1) is 27.0 Å². The molecule has 192 valence electrons. The van der Waals surface area contributed by atoms with E-state index in [9.17, 15) is 18.0 Å². The van der Waals surface area contributed by atoms with Crippen LogP contribution >= 0.6 is 46.4 Å². The highest BCUT2D eigenvalue weighted by Crippen LogP contribution is 2.31. The van der Waals surface area contributed by atoms with Gasteiger partial charge in [-0.05, 0) is 56.2 Å². The Bertz CT molecular complexity index is 1190. The molecule has 2 atom stereocenters. The molecular weight excluding hydrogens is 556 g/mol. The fourth-order valence-electron chi connectivity index (χ4n) is 3.15. The lowest BCUT2D eigenvalue weighted by molar-refractivity contribution is -0.139. The van der Waals surface area contributed by atoms with Gasteiger partial charge in [-0.15, -0.1) is 0 Å². The van der Waals surface area contributed by atoms with Gasteiger partial charge in [0, 0.05) is 17.6 Å². The lowest BCUT2D eigenvalue weighted by Crippen LogP contribution is -2.52. The van der Waals surface area contributed by atoms with Gasteiger partial charge >= 0.3 is 0 Å². The normalized spacial score (nSPS) is 13.1. The van der Waals surface area contributed by atoms with Crippen molar-refractivity contribution < 1.29 is 18.0 Å². The molecule has 0 heterocycles. The number of rotatable bonds is 10. The summed E-state index contributed by atoms with van der Waals surface area (Å²) in [6, 6.07) is 8.14. The van der Waals surface area contributed by atoms with Crippen LogP contribution in [0.1, 0.15) is 32.8 Å². The van der Waals surface area contributed by atoms with Gasteiger partial charge in [-0.1, -0.05) is 59.4 Å². The number of nitrogens with zero attached hydrogens (tertiary/aromatic N) is 2. The van der Waals surface area contributed by atoms with E-state index in [4.69, 9.17) is 46.4 Å². The maximum atomic E-state index is 13.5. The van der Waals surface area contributed by atoms with Gasteiger partial charge in [0.1, 0.15) is 12.6 Å². The Morgan fingerprint density at radius 2 is 1.60 bits per heavy atom. The molecule has 0 radical (unpaired) electrons. The van der Waals surface area contributed by atoms with Gasteiger partial charge in [-0.25, -0.2) is 8.42 Å². The summed E-state index contributed by atoms with van der Waals surface area (Å²) in [5.74, 6) is -0.996. The fourth-order valence-corrected chi connectivity index (χ4v) is 4.76. The molecular formula is C23H27Cl4N3O4S. The summed E-state index contributed by atoms with van der Waals surface area (Å²) < 4.78 is 26.1. The number of hydrogen-bond acceptors (Lipinski definition) is 4. The minimum atomic E-state index is -3.94. The Balaban J connectivity index is 2.45. The Labute approximate surface area is 226 Å². The fraction of sp³-hybridized carbons (Fsp3) is 0.391. The van der Waals surface area contributed by atoms with Gasteiger partial charge in [0.25, 0.3) is 0 Å². The van der Waals surface area contributed by atoms with Crippen molar-refractivity contribution in [2.75, 3.05) is 17.1 Å². The number of hydrogen-bond donors (Lipinski definition) is 1. The molecule has 2 amide bonds. The third kappa shape index (κ3) is 8.15. The number of benzene rings is 2. The monoisotopic (exact) mass is 581 g/mol. The number of carbonyl (C=O) groups is 2. The molecule has 2 rings (SSSR count). The predicted molar refractivity (Wildman–Crippen MR) is 143 cm³/mol. The number of anilines is 1. The lowest BCUT2D eigenvalue weighted by atomic mass is 10.1. The van der Waals surface area contributed by atoms with Crippen molar-refractivity contribution >= 4 is 73.9 Å². The Kier molecular flexibility index (Phi) is 10.5. The number of carbonyl (C=O) groups excluding carboxylic acids is 2. The summed E-state index contributed by atoms with van der Waals surface area (Å²) in [6.07, 6.45) is 1.66. The van der Waals surface area contributed by atoms with E-state index in [0.29, 0.717) is 17.0 Å². The molecule has 0 aliphatic carbocycles. The molecule has 2 aromatic rings. The molecule has 12 heteroatoms. The maximum Gasteiger partial charge on any atom is 0.244 e. The van der Waals surface area contributed by atoms with Crippen LogP contribution in [0.2, 0.25) is 20.1 Å². The largest absolute Gasteiger partial charge is 0.352 e. The highest BCUT2D eigenvalue weighted by molar-refractivity contribution is 7.92. The van der Waals surface area contributed by atoms with Crippen LogP contribution in [0, 0.1) is 0 Å². The predicted octanol–water partition coefficient (Wildman–Crippen LogP) is 5.40. The average molecular weight is 583 g/mol. The van der Waals surface area contributed by atoms with Crippen molar-refractivity contribution in [3.63, 3.8) is 0 Å². The number of halogens is 4. The molecule has 1 N–H and O–H groups in total. The summed E-state index contributed by atoms with van der Waals surface area (Å²) in [5, 5.41) is 3.84. The summed E-state index contributed by atoms with van der Waals surface area (Å²) in [6.45, 7) is 4.74. The van der Waals surface area contributed by atoms with Gasteiger partial charge in [0.2, 0.25) is 21.8 Å². The summed E-state index contributed by atoms with van der Waals surface area (Å²) in [5.41, 5.74) is 0.670. The summed E-state index contributed by atoms with van der Waals surface area (Å²) >= 11 is 24.4. The highest BCUT2D eigenvalue weighted by Gasteiger charge is 2.31. The van der Waals surface area contributed by atoms with Crippen molar-refractivity contribution in [3.05, 3.63) is 62.1 Å². The van der Waals surface area contributed by atoms with E-state index in [1.165, 1.54) is 23.1 Å². The lowest BCUT2D eigenvalue weighted by Gasteiger charge is -2.32. The first-order chi connectivity index (χ1) is 16.2. The molecule has 0 saturated carbocycles. The number of sulfonamides is 1. The van der Waals surface area contributed by atoms with Crippen molar-refractivity contribution in [1.82, 2.24) is 10.2 Å². The smallest absolute Gasteiger partial charge is 0.244 e. The highest BCUT2D eigenvalue weighted by atomic mass is 35.5. The third-order valence-corrected chi connectivity index (χ3v) is 7.78. The Morgan fingerprint density at radius 1 is 0.971 bits per heavy atom. The molecule has 35 heavy (non-hydrogen) atoms. The summed E-state index contributed by atoms with van der Waals surface area (Å²) in [7, 11) is -3.94. The first-order valence-electron chi connectivity index (χ1n) is 10.7. The van der Waals surface area contributed by atoms with Crippen LogP contribution in [0.4, 0.5) is 5.69 Å². The Hall–Kier alpha value is -1.71. The van der Waals surface area contributed by atoms with E-state index in [-0.39, 0.29) is 39.2 Å². The van der Waals surface area contributed by atoms with Crippen molar-refractivity contribution in [1.29, 1.82) is 0 Å². The Morgan fingerprint density at radius 3 is 2.17 bits per heavy atom. The number of nitrogens with one attached hydrogen (secondary N) is 1. The zero-order valence-corrected chi connectivity index (χ0v) is 23.5. The zero-order valence-electron chi connectivity index (χ0n) is 19.7. The van der Waals surface area contributed by atoms with Crippen molar-refractivity contribution in [2.45, 2.75) is 45.8 Å². The van der Waals surface area contributed by atoms with Gasteiger partial charge in [0.15, 0.2) is 0 Å². The molecule has 0 aliphatic rings. The van der Waals surface area contributed by atoms with Crippen molar-refractivity contribution in [2.24, 2.45) is 0 Å². The quantitative estimate of drug-likeness (QED) is 0.406. The standard InChI is InChI=1S/C23H27Cl4N3O4S/c1-5-14(2)28-23(32)15(3)29(12-16-6-8-18(25)20(27)10-16)22(31)13-30(35(4,33)34)21-11-17(24)7-9-19(21)26/h6-11,14-15H,5,12-13H2,1-4H3,(H,28,32). The van der Waals surface area contributed by atoms with Crippen LogP contribution in [0.25, 0.3) is 0 Å². The average Bonchev–Trinajstić information content (AvgIpc) is 2.78. The van der Waals surface area contributed by atoms with Crippen LogP contribution in [0.5, 0.6) is 0 Å². The van der Waals surface area contributed by atoms with Crippen molar-refractivity contribution in [3.8, 4) is 0 Å².